The van der Waals surface area contributed by atoms with Crippen LogP contribution < -0.4 is 5.32 Å². The minimum absolute atomic E-state index is 0.338. The summed E-state index contributed by atoms with van der Waals surface area (Å²) in [4.78, 5) is 39.4. The minimum atomic E-state index is -1.28. The number of unbranched alkanes of at least 4 members (excludes halogenated alkanes) is 1. The lowest BCUT2D eigenvalue weighted by atomic mass is 9.84. The number of carbonyl (C=O) groups is 3. The maximum absolute atomic E-state index is 13.4. The third kappa shape index (κ3) is 3.85. The van der Waals surface area contributed by atoms with Crippen LogP contribution in [-0.2, 0) is 10.3 Å². The molecule has 0 bridgehead atoms. The van der Waals surface area contributed by atoms with E-state index in [2.05, 4.69) is 21.2 Å². The summed E-state index contributed by atoms with van der Waals surface area (Å²) in [7, 11) is 0. The number of amides is 3. The Morgan fingerprint density at radius 2 is 1.89 bits per heavy atom. The van der Waals surface area contributed by atoms with Crippen molar-refractivity contribution in [2.75, 3.05) is 6.54 Å². The predicted octanol–water partition coefficient (Wildman–Crippen LogP) is 4.41. The number of carbonyl (C=O) groups excluding carboxylic acids is 3. The molecule has 5 nitrogen and oxygen atoms in total. The first-order valence-corrected chi connectivity index (χ1v) is 9.85. The first kappa shape index (κ1) is 20.2. The number of benzene rings is 2. The van der Waals surface area contributed by atoms with Crippen molar-refractivity contribution < 1.29 is 18.8 Å². The van der Waals surface area contributed by atoms with E-state index in [-0.39, 0.29) is 12.3 Å². The lowest BCUT2D eigenvalue weighted by molar-refractivity contribution is -0.131. The van der Waals surface area contributed by atoms with Gasteiger partial charge < -0.3 is 5.32 Å². The summed E-state index contributed by atoms with van der Waals surface area (Å²) in [5.41, 5.74) is -0.362. The number of Topliss-reactive ketones (excluding diaryl/α,β-unsaturated/α-hetero) is 1. The molecule has 0 radical (unpaired) electrons. The summed E-state index contributed by atoms with van der Waals surface area (Å²) in [5.74, 6) is -1.25. The van der Waals surface area contributed by atoms with Crippen LogP contribution in [0.4, 0.5) is 9.18 Å². The summed E-state index contributed by atoms with van der Waals surface area (Å²) in [6, 6.07) is 11.7. The summed E-state index contributed by atoms with van der Waals surface area (Å²) in [5, 5.41) is 2.76. The van der Waals surface area contributed by atoms with Crippen molar-refractivity contribution in [1.82, 2.24) is 10.2 Å². The number of imide groups is 1. The van der Waals surface area contributed by atoms with Crippen LogP contribution in [0.1, 0.15) is 42.1 Å². The summed E-state index contributed by atoms with van der Waals surface area (Å²) < 4.78 is 14.1. The Kier molecular flexibility index (Phi) is 5.93. The van der Waals surface area contributed by atoms with Crippen LogP contribution in [0.2, 0.25) is 0 Å². The zero-order chi connectivity index (χ0) is 20.3. The van der Waals surface area contributed by atoms with E-state index in [9.17, 15) is 18.8 Å². The molecule has 7 heteroatoms. The average Bonchev–Trinajstić information content (AvgIpc) is 2.92. The monoisotopic (exact) mass is 446 g/mol. The van der Waals surface area contributed by atoms with Crippen LogP contribution in [0.15, 0.2) is 53.0 Å². The molecule has 1 atom stereocenters. The van der Waals surface area contributed by atoms with Gasteiger partial charge in [0.15, 0.2) is 5.78 Å². The van der Waals surface area contributed by atoms with Gasteiger partial charge in [-0.25, -0.2) is 9.18 Å². The number of rotatable bonds is 7. The van der Waals surface area contributed by atoms with E-state index in [1.165, 1.54) is 24.3 Å². The Labute approximate surface area is 171 Å². The van der Waals surface area contributed by atoms with E-state index in [4.69, 9.17) is 0 Å². The van der Waals surface area contributed by atoms with Crippen LogP contribution in [0.5, 0.6) is 0 Å². The Hall–Kier alpha value is -2.54. The highest BCUT2D eigenvalue weighted by atomic mass is 79.9. The summed E-state index contributed by atoms with van der Waals surface area (Å²) >= 11 is 3.31. The first-order chi connectivity index (χ1) is 13.4. The molecule has 1 aliphatic rings. The van der Waals surface area contributed by atoms with Gasteiger partial charge in [-0.05, 0) is 36.2 Å². The second-order valence-electron chi connectivity index (χ2n) is 6.77. The fourth-order valence-electron chi connectivity index (χ4n) is 3.35. The standard InChI is InChI=1S/C21H20BrFN2O3/c1-2-3-11-21(15-7-9-17(23)10-8-15)19(27)25(20(28)24-21)13-18(26)14-5-4-6-16(22)12-14/h4-10,12H,2-3,11,13H2,1H3,(H,24,28). The van der Waals surface area contributed by atoms with Gasteiger partial charge in [0, 0.05) is 10.0 Å². The van der Waals surface area contributed by atoms with E-state index in [1.54, 1.807) is 24.3 Å². The van der Waals surface area contributed by atoms with E-state index in [0.717, 1.165) is 15.8 Å². The SMILES string of the molecule is CCCCC1(c2ccc(F)cc2)NC(=O)N(CC(=O)c2cccc(Br)c2)C1=O. The Morgan fingerprint density at radius 1 is 1.18 bits per heavy atom. The van der Waals surface area contributed by atoms with Crippen LogP contribution in [0.3, 0.4) is 0 Å². The van der Waals surface area contributed by atoms with E-state index in [1.807, 2.05) is 6.92 Å². The number of hydrogen-bond acceptors (Lipinski definition) is 3. The third-order valence-corrected chi connectivity index (χ3v) is 5.36. The van der Waals surface area contributed by atoms with Gasteiger partial charge in [-0.1, -0.05) is 60.0 Å². The highest BCUT2D eigenvalue weighted by Gasteiger charge is 2.52. The van der Waals surface area contributed by atoms with Crippen molar-refractivity contribution in [1.29, 1.82) is 0 Å². The molecular formula is C21H20BrFN2O3. The topological polar surface area (TPSA) is 66.5 Å². The number of hydrogen-bond donors (Lipinski definition) is 1. The van der Waals surface area contributed by atoms with Crippen molar-refractivity contribution >= 4 is 33.7 Å². The Balaban J connectivity index is 1.90. The molecule has 1 unspecified atom stereocenters. The van der Waals surface area contributed by atoms with Crippen LogP contribution >= 0.6 is 15.9 Å². The predicted molar refractivity (Wildman–Crippen MR) is 106 cm³/mol. The lowest BCUT2D eigenvalue weighted by Crippen LogP contribution is -2.44. The molecule has 0 aliphatic carbocycles. The zero-order valence-corrected chi connectivity index (χ0v) is 17.0. The third-order valence-electron chi connectivity index (χ3n) is 4.87. The second kappa shape index (κ2) is 8.22. The highest BCUT2D eigenvalue weighted by molar-refractivity contribution is 9.10. The molecule has 0 spiro atoms. The number of nitrogens with zero attached hydrogens (tertiary/aromatic N) is 1. The molecule has 1 aliphatic heterocycles. The van der Waals surface area contributed by atoms with Gasteiger partial charge in [0.05, 0.1) is 6.54 Å². The normalized spacial score (nSPS) is 19.0. The van der Waals surface area contributed by atoms with E-state index in [0.29, 0.717) is 24.0 Å². The summed E-state index contributed by atoms with van der Waals surface area (Å²) in [6.45, 7) is 1.63. The van der Waals surface area contributed by atoms with Gasteiger partial charge in [-0.15, -0.1) is 0 Å². The van der Waals surface area contributed by atoms with Gasteiger partial charge in [-0.2, -0.15) is 0 Å². The van der Waals surface area contributed by atoms with E-state index < -0.39 is 23.3 Å². The van der Waals surface area contributed by atoms with Gasteiger partial charge in [0.25, 0.3) is 5.91 Å². The molecule has 1 fully saturated rings. The van der Waals surface area contributed by atoms with Gasteiger partial charge in [0.1, 0.15) is 11.4 Å². The number of ketones is 1. The van der Waals surface area contributed by atoms with Crippen LogP contribution in [0.25, 0.3) is 0 Å². The molecular weight excluding hydrogens is 427 g/mol. The molecule has 0 saturated carbocycles. The quantitative estimate of drug-likeness (QED) is 0.505. The summed E-state index contributed by atoms with van der Waals surface area (Å²) in [6.07, 6.45) is 1.89. The largest absolute Gasteiger partial charge is 0.325 e. The number of halogens is 2. The molecule has 0 aromatic heterocycles. The molecule has 3 rings (SSSR count). The van der Waals surface area contributed by atoms with Gasteiger partial charge in [0.2, 0.25) is 0 Å². The highest BCUT2D eigenvalue weighted by Crippen LogP contribution is 2.34. The van der Waals surface area contributed by atoms with Gasteiger partial charge in [-0.3, -0.25) is 14.5 Å². The smallest absolute Gasteiger partial charge is 0.319 e. The molecule has 1 saturated heterocycles. The lowest BCUT2D eigenvalue weighted by Gasteiger charge is -2.27. The Bertz CT molecular complexity index is 916. The molecule has 1 N–H and O–H groups in total. The van der Waals surface area contributed by atoms with Crippen molar-refractivity contribution in [2.24, 2.45) is 0 Å². The Morgan fingerprint density at radius 3 is 2.54 bits per heavy atom. The van der Waals surface area contributed by atoms with Crippen molar-refractivity contribution in [3.05, 3.63) is 69.9 Å². The fraction of sp³-hybridized carbons (Fsp3) is 0.286. The number of nitrogens with one attached hydrogen (secondary N) is 1. The molecule has 2 aromatic carbocycles. The molecule has 1 heterocycles. The molecule has 2 aromatic rings. The minimum Gasteiger partial charge on any atom is -0.319 e. The zero-order valence-electron chi connectivity index (χ0n) is 15.4. The first-order valence-electron chi connectivity index (χ1n) is 9.06. The molecule has 146 valence electrons. The van der Waals surface area contributed by atoms with E-state index >= 15 is 0 Å². The molecule has 3 amide bonds. The van der Waals surface area contributed by atoms with Crippen LogP contribution in [-0.4, -0.2) is 29.2 Å². The fourth-order valence-corrected chi connectivity index (χ4v) is 3.75. The van der Waals surface area contributed by atoms with Crippen molar-refractivity contribution in [3.63, 3.8) is 0 Å². The maximum atomic E-state index is 13.4. The molecule has 28 heavy (non-hydrogen) atoms. The van der Waals surface area contributed by atoms with Gasteiger partial charge >= 0.3 is 6.03 Å². The van der Waals surface area contributed by atoms with Crippen molar-refractivity contribution in [2.45, 2.75) is 31.7 Å². The van der Waals surface area contributed by atoms with Crippen molar-refractivity contribution in [3.8, 4) is 0 Å². The number of urea groups is 1. The van der Waals surface area contributed by atoms with Crippen LogP contribution in [0, 0.1) is 5.82 Å². The second-order valence-corrected chi connectivity index (χ2v) is 7.69. The average molecular weight is 447 g/mol. The maximum Gasteiger partial charge on any atom is 0.325 e.